The minimum atomic E-state index is -0.253. The third kappa shape index (κ3) is 1.47. The number of nitrogens with one attached hydrogen (secondary N) is 1. The Morgan fingerprint density at radius 3 is 3.00 bits per heavy atom. The van der Waals surface area contributed by atoms with Gasteiger partial charge in [0, 0.05) is 5.92 Å². The molecule has 0 spiro atoms. The predicted octanol–water partition coefficient (Wildman–Crippen LogP) is -0.322. The summed E-state index contributed by atoms with van der Waals surface area (Å²) in [5, 5.41) is 1.83. The first-order valence-corrected chi connectivity index (χ1v) is 4.20. The van der Waals surface area contributed by atoms with Crippen molar-refractivity contribution in [1.82, 2.24) is 10.6 Å². The molecule has 2 aliphatic rings. The SMILES string of the molecule is CC1=CN(C2[CH]C(C(N)=O)C2)NO1. The van der Waals surface area contributed by atoms with Crippen LogP contribution < -0.4 is 11.3 Å². The van der Waals surface area contributed by atoms with Crippen LogP contribution in [0.2, 0.25) is 0 Å². The van der Waals surface area contributed by atoms with Crippen LogP contribution >= 0.6 is 0 Å². The molecule has 1 aliphatic carbocycles. The van der Waals surface area contributed by atoms with Gasteiger partial charge in [0.25, 0.3) is 0 Å². The lowest BCUT2D eigenvalue weighted by atomic mass is 9.79. The lowest BCUT2D eigenvalue weighted by molar-refractivity contribution is -0.124. The lowest BCUT2D eigenvalue weighted by Crippen LogP contribution is -2.50. The molecule has 2 atom stereocenters. The molecule has 1 saturated carbocycles. The van der Waals surface area contributed by atoms with Gasteiger partial charge in [0.15, 0.2) is 0 Å². The number of carbonyl (C=O) groups is 1. The van der Waals surface area contributed by atoms with E-state index in [9.17, 15) is 4.79 Å². The van der Waals surface area contributed by atoms with Crippen molar-refractivity contribution in [3.8, 4) is 0 Å². The molecule has 1 fully saturated rings. The molecular formula is C8H12N3O2. The summed E-state index contributed by atoms with van der Waals surface area (Å²) in [6.07, 6.45) is 4.53. The fraction of sp³-hybridized carbons (Fsp3) is 0.500. The molecule has 0 aromatic heterocycles. The Bertz CT molecular complexity index is 258. The zero-order valence-corrected chi connectivity index (χ0v) is 7.36. The van der Waals surface area contributed by atoms with Crippen molar-refractivity contribution in [1.29, 1.82) is 0 Å². The van der Waals surface area contributed by atoms with Gasteiger partial charge in [-0.2, -0.15) is 0 Å². The normalized spacial score (nSPS) is 32.1. The van der Waals surface area contributed by atoms with Crippen molar-refractivity contribution >= 4 is 5.91 Å². The van der Waals surface area contributed by atoms with Crippen LogP contribution in [0.4, 0.5) is 0 Å². The molecule has 5 nitrogen and oxygen atoms in total. The van der Waals surface area contributed by atoms with E-state index in [4.69, 9.17) is 10.6 Å². The van der Waals surface area contributed by atoms with Gasteiger partial charge < -0.3 is 10.6 Å². The molecule has 3 N–H and O–H groups in total. The summed E-state index contributed by atoms with van der Waals surface area (Å²) < 4.78 is 0. The maximum Gasteiger partial charge on any atom is 0.220 e. The van der Waals surface area contributed by atoms with Gasteiger partial charge in [-0.15, -0.1) is 0 Å². The number of rotatable bonds is 2. The zero-order valence-electron chi connectivity index (χ0n) is 7.36. The van der Waals surface area contributed by atoms with Crippen molar-refractivity contribution in [3.05, 3.63) is 18.4 Å². The Morgan fingerprint density at radius 2 is 2.54 bits per heavy atom. The molecule has 13 heavy (non-hydrogen) atoms. The van der Waals surface area contributed by atoms with E-state index < -0.39 is 0 Å². The Kier molecular flexibility index (Phi) is 1.88. The molecule has 1 heterocycles. The first-order chi connectivity index (χ1) is 6.16. The standard InChI is InChI=1S/C8H12N3O2/c1-5-4-11(10-13-5)7-2-6(3-7)8(9)12/h2,4,6-7,10H,3H2,1H3,(H2,9,12). The van der Waals surface area contributed by atoms with E-state index in [1.54, 1.807) is 0 Å². The molecule has 2 unspecified atom stereocenters. The Labute approximate surface area is 76.4 Å². The number of amides is 1. The summed E-state index contributed by atoms with van der Waals surface area (Å²) >= 11 is 0. The highest BCUT2D eigenvalue weighted by Gasteiger charge is 2.38. The summed E-state index contributed by atoms with van der Waals surface area (Å²) in [5.74, 6) is 0.481. The van der Waals surface area contributed by atoms with Crippen molar-refractivity contribution in [2.45, 2.75) is 19.4 Å². The van der Waals surface area contributed by atoms with Gasteiger partial charge in [-0.05, 0) is 19.8 Å². The van der Waals surface area contributed by atoms with Gasteiger partial charge in [0.1, 0.15) is 5.76 Å². The largest absolute Gasteiger partial charge is 0.392 e. The smallest absolute Gasteiger partial charge is 0.220 e. The number of hydrogen-bond acceptors (Lipinski definition) is 4. The fourth-order valence-corrected chi connectivity index (χ4v) is 1.44. The number of nitrogens with two attached hydrogens (primary N) is 1. The number of allylic oxidation sites excluding steroid dienone is 1. The summed E-state index contributed by atoms with van der Waals surface area (Å²) in [4.78, 5) is 15.7. The van der Waals surface area contributed by atoms with Gasteiger partial charge in [0.05, 0.1) is 12.2 Å². The second kappa shape index (κ2) is 2.92. The van der Waals surface area contributed by atoms with E-state index in [0.29, 0.717) is 0 Å². The van der Waals surface area contributed by atoms with Gasteiger partial charge in [-0.1, -0.05) is 5.59 Å². The van der Waals surface area contributed by atoms with Crippen LogP contribution in [0, 0.1) is 12.3 Å². The summed E-state index contributed by atoms with van der Waals surface area (Å²) in [6.45, 7) is 1.86. The second-order valence-electron chi connectivity index (χ2n) is 3.34. The average molecular weight is 182 g/mol. The third-order valence-corrected chi connectivity index (χ3v) is 2.31. The maximum absolute atomic E-state index is 10.7. The van der Waals surface area contributed by atoms with E-state index >= 15 is 0 Å². The van der Waals surface area contributed by atoms with Crippen LogP contribution in [0.15, 0.2) is 12.0 Å². The van der Waals surface area contributed by atoms with Crippen molar-refractivity contribution in [3.63, 3.8) is 0 Å². The third-order valence-electron chi connectivity index (χ3n) is 2.31. The molecule has 1 amide bonds. The minimum Gasteiger partial charge on any atom is -0.392 e. The summed E-state index contributed by atoms with van der Waals surface area (Å²) in [5.41, 5.74) is 7.86. The molecule has 2 rings (SSSR count). The van der Waals surface area contributed by atoms with Gasteiger partial charge in [-0.25, -0.2) is 0 Å². The van der Waals surface area contributed by atoms with Crippen LogP contribution in [0.25, 0.3) is 0 Å². The topological polar surface area (TPSA) is 67.6 Å². The summed E-state index contributed by atoms with van der Waals surface area (Å²) in [6, 6.07) is 0.218. The highest BCUT2D eigenvalue weighted by atomic mass is 16.7. The van der Waals surface area contributed by atoms with Gasteiger partial charge in [-0.3, -0.25) is 9.80 Å². The Balaban J connectivity index is 1.84. The molecule has 0 aromatic rings. The Morgan fingerprint density at radius 1 is 1.85 bits per heavy atom. The first kappa shape index (κ1) is 8.37. The highest BCUT2D eigenvalue weighted by molar-refractivity contribution is 5.79. The number of hydrazine groups is 1. The highest BCUT2D eigenvalue weighted by Crippen LogP contribution is 2.31. The molecule has 1 aliphatic heterocycles. The van der Waals surface area contributed by atoms with E-state index in [1.165, 1.54) is 0 Å². The van der Waals surface area contributed by atoms with Gasteiger partial charge >= 0.3 is 0 Å². The average Bonchev–Trinajstić information content (AvgIpc) is 2.31. The molecule has 5 heteroatoms. The monoisotopic (exact) mass is 182 g/mol. The van der Waals surface area contributed by atoms with Crippen molar-refractivity contribution in [2.75, 3.05) is 0 Å². The molecule has 71 valence electrons. The number of nitrogens with zero attached hydrogens (tertiary/aromatic N) is 1. The fourth-order valence-electron chi connectivity index (χ4n) is 1.44. The van der Waals surface area contributed by atoms with Crippen LogP contribution in [0.1, 0.15) is 13.3 Å². The predicted molar refractivity (Wildman–Crippen MR) is 45.2 cm³/mol. The number of hydrogen-bond donors (Lipinski definition) is 2. The van der Waals surface area contributed by atoms with Crippen molar-refractivity contribution in [2.24, 2.45) is 11.7 Å². The van der Waals surface area contributed by atoms with Crippen LogP contribution in [0.5, 0.6) is 0 Å². The summed E-state index contributed by atoms with van der Waals surface area (Å²) in [7, 11) is 0. The lowest BCUT2D eigenvalue weighted by Gasteiger charge is -2.37. The van der Waals surface area contributed by atoms with E-state index in [2.05, 4.69) is 5.59 Å². The van der Waals surface area contributed by atoms with Crippen LogP contribution in [0.3, 0.4) is 0 Å². The van der Waals surface area contributed by atoms with Crippen LogP contribution in [-0.4, -0.2) is 17.0 Å². The molecule has 0 bridgehead atoms. The number of primary amides is 1. The first-order valence-electron chi connectivity index (χ1n) is 4.20. The van der Waals surface area contributed by atoms with Crippen molar-refractivity contribution < 1.29 is 9.63 Å². The van der Waals surface area contributed by atoms with E-state index in [-0.39, 0.29) is 17.9 Å². The van der Waals surface area contributed by atoms with Crippen LogP contribution in [-0.2, 0) is 9.63 Å². The Hall–Kier alpha value is -1.23. The van der Waals surface area contributed by atoms with Gasteiger partial charge in [0.2, 0.25) is 5.91 Å². The van der Waals surface area contributed by atoms with E-state index in [0.717, 1.165) is 12.2 Å². The molecular weight excluding hydrogens is 170 g/mol. The molecule has 1 radical (unpaired) electrons. The molecule has 0 aromatic carbocycles. The second-order valence-corrected chi connectivity index (χ2v) is 3.34. The molecule has 0 saturated heterocycles. The quantitative estimate of drug-likeness (QED) is 0.614. The number of carbonyl (C=O) groups excluding carboxylic acids is 1. The minimum absolute atomic E-state index is 0.0823. The van der Waals surface area contributed by atoms with E-state index in [1.807, 2.05) is 24.6 Å². The zero-order chi connectivity index (χ0) is 9.42. The maximum atomic E-state index is 10.7.